The molecule has 0 amide bonds. The molecule has 0 aromatic heterocycles. The molecule has 2 unspecified atom stereocenters. The lowest BCUT2D eigenvalue weighted by Gasteiger charge is -2.18. The minimum atomic E-state index is -0.803. The standard InChI is InChI=1S/C16H21O5S/c1-11(15(18)20-3)22(12(2)16(19)21-4)10-14(17)13-8-6-5-7-9-13/h5-9,11-12H,10H2,1-4H3/q+1. The Morgan fingerprint density at radius 2 is 1.41 bits per heavy atom. The third-order valence-electron chi connectivity index (χ3n) is 3.37. The summed E-state index contributed by atoms with van der Waals surface area (Å²) in [4.78, 5) is 36.0. The molecule has 2 atom stereocenters. The van der Waals surface area contributed by atoms with Crippen LogP contribution in [0.5, 0.6) is 0 Å². The molecule has 0 aliphatic heterocycles. The van der Waals surface area contributed by atoms with Crippen molar-refractivity contribution in [3.05, 3.63) is 35.9 Å². The summed E-state index contributed by atoms with van der Waals surface area (Å²) in [5, 5.41) is -1.10. The van der Waals surface area contributed by atoms with Gasteiger partial charge in [-0.3, -0.25) is 4.79 Å². The largest absolute Gasteiger partial charge is 0.465 e. The number of esters is 2. The monoisotopic (exact) mass is 325 g/mol. The van der Waals surface area contributed by atoms with E-state index in [1.165, 1.54) is 14.2 Å². The summed E-state index contributed by atoms with van der Waals surface area (Å²) >= 11 is 0. The molecule has 0 spiro atoms. The van der Waals surface area contributed by atoms with Crippen LogP contribution >= 0.6 is 0 Å². The number of Topliss-reactive ketones (excluding diaryl/α,β-unsaturated/α-hetero) is 1. The van der Waals surface area contributed by atoms with Crippen molar-refractivity contribution in [3.63, 3.8) is 0 Å². The highest BCUT2D eigenvalue weighted by molar-refractivity contribution is 8.00. The smallest absolute Gasteiger partial charge is 0.358 e. The van der Waals surface area contributed by atoms with Crippen LogP contribution in [0.4, 0.5) is 0 Å². The molecule has 5 nitrogen and oxygen atoms in total. The van der Waals surface area contributed by atoms with Gasteiger partial charge in [-0.1, -0.05) is 30.3 Å². The van der Waals surface area contributed by atoms with E-state index in [1.807, 2.05) is 6.07 Å². The Balaban J connectivity index is 2.97. The van der Waals surface area contributed by atoms with Gasteiger partial charge in [-0.25, -0.2) is 9.59 Å². The molecular weight excluding hydrogens is 304 g/mol. The van der Waals surface area contributed by atoms with Gasteiger partial charge in [-0.2, -0.15) is 0 Å². The number of carbonyl (C=O) groups is 3. The molecule has 0 N–H and O–H groups in total. The molecule has 6 heteroatoms. The molecule has 0 aliphatic carbocycles. The maximum Gasteiger partial charge on any atom is 0.358 e. The Kier molecular flexibility index (Phi) is 7.11. The van der Waals surface area contributed by atoms with Crippen LogP contribution in [0.1, 0.15) is 24.2 Å². The van der Waals surface area contributed by atoms with Crippen molar-refractivity contribution in [1.29, 1.82) is 0 Å². The number of hydrogen-bond acceptors (Lipinski definition) is 5. The van der Waals surface area contributed by atoms with Crippen LogP contribution in [0, 0.1) is 0 Å². The normalized spacial score (nSPS) is 14.5. The van der Waals surface area contributed by atoms with E-state index in [4.69, 9.17) is 9.47 Å². The summed E-state index contributed by atoms with van der Waals surface area (Å²) < 4.78 is 9.50. The van der Waals surface area contributed by atoms with Crippen molar-refractivity contribution in [1.82, 2.24) is 0 Å². The van der Waals surface area contributed by atoms with E-state index in [-0.39, 0.29) is 11.5 Å². The molecule has 0 saturated carbocycles. The Hall–Kier alpha value is -1.82. The van der Waals surface area contributed by atoms with Crippen LogP contribution in [0.15, 0.2) is 30.3 Å². The number of benzene rings is 1. The molecule has 1 aromatic carbocycles. The molecule has 0 saturated heterocycles. The van der Waals surface area contributed by atoms with Crippen LogP contribution in [-0.4, -0.2) is 48.2 Å². The van der Waals surface area contributed by atoms with Crippen LogP contribution in [0.25, 0.3) is 0 Å². The fourth-order valence-electron chi connectivity index (χ4n) is 1.99. The average molecular weight is 325 g/mol. The van der Waals surface area contributed by atoms with Crippen LogP contribution in [0.2, 0.25) is 0 Å². The van der Waals surface area contributed by atoms with Crippen molar-refractivity contribution in [3.8, 4) is 0 Å². The fraction of sp³-hybridized carbons (Fsp3) is 0.438. The van der Waals surface area contributed by atoms with Crippen molar-refractivity contribution in [2.24, 2.45) is 0 Å². The van der Waals surface area contributed by atoms with Crippen LogP contribution < -0.4 is 0 Å². The third-order valence-corrected chi connectivity index (χ3v) is 6.16. The molecule has 0 radical (unpaired) electrons. The second-order valence-corrected chi connectivity index (χ2v) is 7.38. The van der Waals surface area contributed by atoms with Crippen LogP contribution in [0.3, 0.4) is 0 Å². The maximum atomic E-state index is 12.4. The van der Waals surface area contributed by atoms with Gasteiger partial charge < -0.3 is 9.47 Å². The van der Waals surface area contributed by atoms with Gasteiger partial charge in [-0.15, -0.1) is 0 Å². The zero-order chi connectivity index (χ0) is 16.7. The Morgan fingerprint density at radius 3 is 1.82 bits per heavy atom. The summed E-state index contributed by atoms with van der Waals surface area (Å²) in [5.74, 6) is -0.855. The number of ketones is 1. The van der Waals surface area contributed by atoms with Gasteiger partial charge in [0, 0.05) is 16.5 Å². The summed E-state index contributed by atoms with van der Waals surface area (Å²) in [5.41, 5.74) is 0.564. The van der Waals surface area contributed by atoms with E-state index >= 15 is 0 Å². The van der Waals surface area contributed by atoms with Gasteiger partial charge in [0.05, 0.1) is 14.2 Å². The first-order valence-electron chi connectivity index (χ1n) is 6.84. The molecule has 22 heavy (non-hydrogen) atoms. The highest BCUT2D eigenvalue weighted by Crippen LogP contribution is 2.18. The zero-order valence-corrected chi connectivity index (χ0v) is 14.0. The SMILES string of the molecule is COC(=O)C(C)[S+](CC(=O)c1ccccc1)C(C)C(=O)OC. The van der Waals surface area contributed by atoms with E-state index in [0.717, 1.165) is 0 Å². The predicted octanol–water partition coefficient (Wildman–Crippen LogP) is 1.61. The highest BCUT2D eigenvalue weighted by atomic mass is 32.2. The number of methoxy groups -OCH3 is 2. The minimum absolute atomic E-state index is 0.101. The van der Waals surface area contributed by atoms with Gasteiger partial charge in [0.25, 0.3) is 0 Å². The fourth-order valence-corrected chi connectivity index (χ4v) is 4.26. The minimum Gasteiger partial charge on any atom is -0.465 e. The van der Waals surface area contributed by atoms with Crippen molar-refractivity contribution in [2.75, 3.05) is 20.0 Å². The first-order chi connectivity index (χ1) is 10.4. The summed E-state index contributed by atoms with van der Waals surface area (Å²) in [6, 6.07) is 8.81. The molecule has 1 rings (SSSR count). The second kappa shape index (κ2) is 8.58. The lowest BCUT2D eigenvalue weighted by atomic mass is 10.2. The molecule has 0 aliphatic rings. The number of hydrogen-bond donors (Lipinski definition) is 0. The number of rotatable bonds is 7. The summed E-state index contributed by atoms with van der Waals surface area (Å²) in [6.07, 6.45) is 0. The van der Waals surface area contributed by atoms with E-state index in [2.05, 4.69) is 0 Å². The zero-order valence-electron chi connectivity index (χ0n) is 13.2. The van der Waals surface area contributed by atoms with Crippen molar-refractivity contribution >= 4 is 28.6 Å². The van der Waals surface area contributed by atoms with Crippen molar-refractivity contribution in [2.45, 2.75) is 24.3 Å². The van der Waals surface area contributed by atoms with E-state index < -0.39 is 33.3 Å². The Bertz CT molecular complexity index is 507. The Morgan fingerprint density at radius 1 is 0.955 bits per heavy atom. The number of carbonyl (C=O) groups excluding carboxylic acids is 3. The third kappa shape index (κ3) is 4.59. The first kappa shape index (κ1) is 18.2. The summed E-state index contributed by atoms with van der Waals surface area (Å²) in [6.45, 7) is 3.35. The lowest BCUT2D eigenvalue weighted by molar-refractivity contribution is -0.139. The number of ether oxygens (including phenoxy) is 2. The lowest BCUT2D eigenvalue weighted by Crippen LogP contribution is -2.43. The molecule has 0 bridgehead atoms. The summed E-state index contributed by atoms with van der Waals surface area (Å²) in [7, 11) is 1.78. The van der Waals surface area contributed by atoms with Gasteiger partial charge >= 0.3 is 11.9 Å². The quantitative estimate of drug-likeness (QED) is 0.433. The average Bonchev–Trinajstić information content (AvgIpc) is 2.57. The predicted molar refractivity (Wildman–Crippen MR) is 86.0 cm³/mol. The van der Waals surface area contributed by atoms with Gasteiger partial charge in [0.1, 0.15) is 0 Å². The highest BCUT2D eigenvalue weighted by Gasteiger charge is 2.44. The topological polar surface area (TPSA) is 69.7 Å². The van der Waals surface area contributed by atoms with E-state index in [9.17, 15) is 14.4 Å². The maximum absolute atomic E-state index is 12.4. The molecule has 1 aromatic rings. The van der Waals surface area contributed by atoms with Gasteiger partial charge in [0.15, 0.2) is 5.75 Å². The van der Waals surface area contributed by atoms with Crippen LogP contribution in [-0.2, 0) is 30.0 Å². The second-order valence-electron chi connectivity index (χ2n) is 4.73. The molecular formula is C16H21O5S+. The Labute approximate surface area is 133 Å². The van der Waals surface area contributed by atoms with Gasteiger partial charge in [-0.05, 0) is 13.8 Å². The molecule has 120 valence electrons. The molecule has 0 heterocycles. The van der Waals surface area contributed by atoms with Gasteiger partial charge in [0.2, 0.25) is 16.3 Å². The molecule has 0 fully saturated rings. The first-order valence-corrected chi connectivity index (χ1v) is 8.36. The van der Waals surface area contributed by atoms with E-state index in [1.54, 1.807) is 38.1 Å². The van der Waals surface area contributed by atoms with E-state index in [0.29, 0.717) is 5.56 Å². The van der Waals surface area contributed by atoms with Crippen molar-refractivity contribution < 1.29 is 23.9 Å².